The van der Waals surface area contributed by atoms with Gasteiger partial charge in [0.15, 0.2) is 6.61 Å². The number of fused-ring (bicyclic) bond motifs is 1. The summed E-state index contributed by atoms with van der Waals surface area (Å²) >= 11 is 0. The van der Waals surface area contributed by atoms with E-state index in [0.29, 0.717) is 17.4 Å². The first kappa shape index (κ1) is 16.3. The lowest BCUT2D eigenvalue weighted by Gasteiger charge is -2.06. The zero-order valence-corrected chi connectivity index (χ0v) is 13.7. The van der Waals surface area contributed by atoms with E-state index in [0.717, 1.165) is 25.2 Å². The highest BCUT2D eigenvalue weighted by molar-refractivity contribution is 5.75. The molecule has 0 amide bonds. The topological polar surface area (TPSA) is 85.2 Å². The highest BCUT2D eigenvalue weighted by atomic mass is 16.5. The van der Waals surface area contributed by atoms with Crippen LogP contribution >= 0.6 is 0 Å². The molecule has 6 heteroatoms. The van der Waals surface area contributed by atoms with E-state index in [-0.39, 0.29) is 23.9 Å². The van der Waals surface area contributed by atoms with Gasteiger partial charge in [0.1, 0.15) is 5.39 Å². The van der Waals surface area contributed by atoms with Crippen molar-refractivity contribution in [1.82, 2.24) is 9.97 Å². The summed E-state index contributed by atoms with van der Waals surface area (Å²) in [4.78, 5) is 30.8. The fourth-order valence-corrected chi connectivity index (χ4v) is 2.66. The van der Waals surface area contributed by atoms with Gasteiger partial charge in [0, 0.05) is 12.5 Å². The molecule has 0 aliphatic heterocycles. The van der Waals surface area contributed by atoms with Crippen molar-refractivity contribution in [2.75, 3.05) is 6.61 Å². The van der Waals surface area contributed by atoms with Gasteiger partial charge in [0.25, 0.3) is 5.56 Å². The second-order valence-corrected chi connectivity index (χ2v) is 5.97. The molecule has 2 aromatic rings. The van der Waals surface area contributed by atoms with Gasteiger partial charge in [-0.25, -0.2) is 4.79 Å². The van der Waals surface area contributed by atoms with E-state index in [9.17, 15) is 9.59 Å². The van der Waals surface area contributed by atoms with E-state index in [4.69, 9.17) is 9.15 Å². The van der Waals surface area contributed by atoms with Gasteiger partial charge >= 0.3 is 11.6 Å². The summed E-state index contributed by atoms with van der Waals surface area (Å²) in [6.45, 7) is 2.05. The van der Waals surface area contributed by atoms with Crippen LogP contribution in [0.3, 0.4) is 0 Å². The predicted molar refractivity (Wildman–Crippen MR) is 90.1 cm³/mol. The van der Waals surface area contributed by atoms with Crippen LogP contribution in [0.4, 0.5) is 0 Å². The Kier molecular flexibility index (Phi) is 4.99. The average molecular weight is 328 g/mol. The van der Waals surface area contributed by atoms with Crippen molar-refractivity contribution in [3.05, 3.63) is 32.4 Å². The van der Waals surface area contributed by atoms with Crippen LogP contribution < -0.4 is 15.9 Å². The molecular weight excluding hydrogens is 308 g/mol. The van der Waals surface area contributed by atoms with Gasteiger partial charge in [-0.1, -0.05) is 32.1 Å². The van der Waals surface area contributed by atoms with Crippen LogP contribution in [-0.4, -0.2) is 16.6 Å². The summed E-state index contributed by atoms with van der Waals surface area (Å²) < 4.78 is 10.4. The first-order valence-electron chi connectivity index (χ1n) is 8.33. The van der Waals surface area contributed by atoms with E-state index in [1.54, 1.807) is 0 Å². The molecule has 0 radical (unpaired) electrons. The summed E-state index contributed by atoms with van der Waals surface area (Å²) in [5.74, 6) is 6.47. The van der Waals surface area contributed by atoms with Gasteiger partial charge in [0.05, 0.1) is 0 Å². The number of aromatic amines is 1. The minimum atomic E-state index is -0.501. The Balaban J connectivity index is 1.86. The van der Waals surface area contributed by atoms with Gasteiger partial charge in [-0.05, 0) is 24.3 Å². The Bertz CT molecular complexity index is 897. The molecule has 0 bridgehead atoms. The van der Waals surface area contributed by atoms with Crippen LogP contribution in [0.1, 0.15) is 44.6 Å². The number of aromatic nitrogens is 2. The normalized spacial score (nSPS) is 13.5. The molecule has 0 spiro atoms. The number of nitrogens with zero attached hydrogens (tertiary/aromatic N) is 1. The van der Waals surface area contributed by atoms with Crippen molar-refractivity contribution < 1.29 is 9.15 Å². The molecule has 1 fully saturated rings. The first-order valence-corrected chi connectivity index (χ1v) is 8.33. The van der Waals surface area contributed by atoms with Crippen molar-refractivity contribution in [2.24, 2.45) is 5.92 Å². The van der Waals surface area contributed by atoms with E-state index in [1.165, 1.54) is 18.9 Å². The number of nitrogens with one attached hydrogen (secondary N) is 1. The Labute approximate surface area is 139 Å². The van der Waals surface area contributed by atoms with Crippen LogP contribution in [0.15, 0.2) is 20.1 Å². The quantitative estimate of drug-likeness (QED) is 0.823. The van der Waals surface area contributed by atoms with Gasteiger partial charge in [0.2, 0.25) is 5.71 Å². The maximum absolute atomic E-state index is 12.4. The minimum absolute atomic E-state index is 0.0104. The highest BCUT2D eigenvalue weighted by Crippen LogP contribution is 2.34. The molecule has 1 aliphatic rings. The molecule has 3 rings (SSSR count). The summed E-state index contributed by atoms with van der Waals surface area (Å²) in [6.07, 6.45) is 6.07. The van der Waals surface area contributed by atoms with E-state index >= 15 is 0 Å². The second-order valence-electron chi connectivity index (χ2n) is 5.97. The second kappa shape index (κ2) is 7.35. The minimum Gasteiger partial charge on any atom is -0.451 e. The number of H-pyrrole nitrogens is 1. The maximum Gasteiger partial charge on any atom is 0.337 e. The van der Waals surface area contributed by atoms with Crippen molar-refractivity contribution in [2.45, 2.75) is 45.4 Å². The SMILES string of the molecule is CCC#CCOc1nc2oc(=O)cc(CCCC3CC3)c2c(=O)[nH]1. The number of hydrogen-bond donors (Lipinski definition) is 1. The standard InChI is InChI=1S/C18H20N2O4/c1-2-3-4-10-23-18-19-16(22)15-13(7-5-6-12-8-9-12)11-14(21)24-17(15)20-18/h11-12H,2,5-10H2,1H3,(H,19,20,22). The van der Waals surface area contributed by atoms with Crippen molar-refractivity contribution in [1.29, 1.82) is 0 Å². The third-order valence-electron chi connectivity index (χ3n) is 4.01. The number of hydrogen-bond acceptors (Lipinski definition) is 5. The molecule has 2 heterocycles. The molecule has 0 aromatic carbocycles. The van der Waals surface area contributed by atoms with Crippen molar-refractivity contribution in [3.8, 4) is 17.9 Å². The number of rotatable bonds is 6. The molecule has 0 atom stereocenters. The van der Waals surface area contributed by atoms with Gasteiger partial charge < -0.3 is 9.15 Å². The Hall–Kier alpha value is -2.55. The van der Waals surface area contributed by atoms with Crippen LogP contribution in [-0.2, 0) is 6.42 Å². The third kappa shape index (κ3) is 4.05. The monoisotopic (exact) mass is 328 g/mol. The van der Waals surface area contributed by atoms with Crippen molar-refractivity contribution >= 4 is 11.1 Å². The Morgan fingerprint density at radius 3 is 2.96 bits per heavy atom. The molecule has 1 aliphatic carbocycles. The van der Waals surface area contributed by atoms with Gasteiger partial charge in [-0.2, -0.15) is 4.98 Å². The summed E-state index contributed by atoms with van der Waals surface area (Å²) in [7, 11) is 0. The van der Waals surface area contributed by atoms with E-state index < -0.39 is 5.63 Å². The van der Waals surface area contributed by atoms with E-state index in [2.05, 4.69) is 21.8 Å². The van der Waals surface area contributed by atoms with Gasteiger partial charge in [-0.15, -0.1) is 5.92 Å². The lowest BCUT2D eigenvalue weighted by atomic mass is 10.1. The van der Waals surface area contributed by atoms with E-state index in [1.807, 2.05) is 6.92 Å². The fraction of sp³-hybridized carbons (Fsp3) is 0.500. The van der Waals surface area contributed by atoms with Gasteiger partial charge in [-0.3, -0.25) is 9.78 Å². The molecule has 0 saturated heterocycles. The van der Waals surface area contributed by atoms with Crippen LogP contribution in [0.5, 0.6) is 6.01 Å². The fourth-order valence-electron chi connectivity index (χ4n) is 2.66. The zero-order chi connectivity index (χ0) is 16.9. The average Bonchev–Trinajstić information content (AvgIpc) is 3.35. The smallest absolute Gasteiger partial charge is 0.337 e. The number of aryl methyl sites for hydroxylation is 1. The van der Waals surface area contributed by atoms with Crippen LogP contribution in [0.25, 0.3) is 11.1 Å². The highest BCUT2D eigenvalue weighted by Gasteiger charge is 2.21. The first-order chi connectivity index (χ1) is 11.7. The van der Waals surface area contributed by atoms with Crippen LogP contribution in [0, 0.1) is 17.8 Å². The van der Waals surface area contributed by atoms with Crippen molar-refractivity contribution in [3.63, 3.8) is 0 Å². The Morgan fingerprint density at radius 1 is 1.38 bits per heavy atom. The lowest BCUT2D eigenvalue weighted by molar-refractivity contribution is 0.337. The summed E-state index contributed by atoms with van der Waals surface area (Å²) in [5, 5.41) is 0.331. The summed E-state index contributed by atoms with van der Waals surface area (Å²) in [5.41, 5.74) is -0.151. The van der Waals surface area contributed by atoms with Crippen LogP contribution in [0.2, 0.25) is 0 Å². The molecular formula is C18H20N2O4. The maximum atomic E-state index is 12.4. The predicted octanol–water partition coefficient (Wildman–Crippen LogP) is 2.40. The molecule has 0 unspecified atom stereocenters. The lowest BCUT2D eigenvalue weighted by Crippen LogP contribution is -2.15. The summed E-state index contributed by atoms with van der Waals surface area (Å²) in [6, 6.07) is 1.40. The third-order valence-corrected chi connectivity index (χ3v) is 4.01. The molecule has 126 valence electrons. The Morgan fingerprint density at radius 2 is 2.21 bits per heavy atom. The molecule has 6 nitrogen and oxygen atoms in total. The zero-order valence-electron chi connectivity index (χ0n) is 13.7. The molecule has 1 N–H and O–H groups in total. The number of ether oxygens (including phenoxy) is 1. The molecule has 1 saturated carbocycles. The largest absolute Gasteiger partial charge is 0.451 e. The molecule has 24 heavy (non-hydrogen) atoms. The molecule has 2 aromatic heterocycles.